The Bertz CT molecular complexity index is 393. The number of hydrogen-bond donors (Lipinski definition) is 0. The van der Waals surface area contributed by atoms with Crippen LogP contribution < -0.4 is 20.8 Å². The molecule has 0 N–H and O–H groups in total. The molecular formula is C12H21BOP2. The van der Waals surface area contributed by atoms with Gasteiger partial charge >= 0.3 is 0 Å². The molecule has 0 aromatic heterocycles. The summed E-state index contributed by atoms with van der Waals surface area (Å²) >= 11 is 0. The van der Waals surface area contributed by atoms with Gasteiger partial charge in [0.1, 0.15) is 19.2 Å². The third kappa shape index (κ3) is 2.79. The van der Waals surface area contributed by atoms with Gasteiger partial charge in [0.05, 0.1) is 0 Å². The van der Waals surface area contributed by atoms with Crippen LogP contribution in [0.4, 0.5) is 0 Å². The molecule has 0 spiro atoms. The Kier molecular flexibility index (Phi) is 4.09. The van der Waals surface area contributed by atoms with E-state index in [0.29, 0.717) is 0 Å². The fourth-order valence-electron chi connectivity index (χ4n) is 1.59. The smallest absolute Gasteiger partial charge is 0.140 e. The molecule has 1 aromatic rings. The normalized spacial score (nSPS) is 11.7. The fourth-order valence-corrected chi connectivity index (χ4v) is 2.62. The van der Waals surface area contributed by atoms with E-state index < -0.39 is 0 Å². The Morgan fingerprint density at radius 1 is 1.00 bits per heavy atom. The lowest BCUT2D eigenvalue weighted by molar-refractivity contribution is 0.134. The Morgan fingerprint density at radius 3 is 1.94 bits per heavy atom. The highest BCUT2D eigenvalue weighted by Gasteiger charge is 2.19. The lowest BCUT2D eigenvalue weighted by Gasteiger charge is -2.26. The fraction of sp³-hybridized carbons (Fsp3) is 0.500. The average molecular weight is 254 g/mol. The lowest BCUT2D eigenvalue weighted by atomic mass is 9.88. The topological polar surface area (TPSA) is 9.23 Å². The van der Waals surface area contributed by atoms with Crippen LogP contribution in [-0.2, 0) is 0 Å². The Labute approximate surface area is 105 Å². The summed E-state index contributed by atoms with van der Waals surface area (Å²) in [5.41, 5.74) is 3.78. The molecule has 0 aliphatic heterocycles. The van der Waals surface area contributed by atoms with Crippen LogP contribution >= 0.6 is 18.5 Å². The summed E-state index contributed by atoms with van der Waals surface area (Å²) in [6.45, 7) is 10.5. The molecular weight excluding hydrogens is 233 g/mol. The van der Waals surface area contributed by atoms with Crippen LogP contribution in [0.2, 0.25) is 0 Å². The van der Waals surface area contributed by atoms with Crippen molar-refractivity contribution in [2.45, 2.75) is 40.2 Å². The van der Waals surface area contributed by atoms with E-state index in [1.54, 1.807) is 0 Å². The first-order valence-corrected chi connectivity index (χ1v) is 6.64. The van der Waals surface area contributed by atoms with E-state index in [-0.39, 0.29) is 5.60 Å². The highest BCUT2D eigenvalue weighted by Crippen LogP contribution is 2.20. The third-order valence-corrected chi connectivity index (χ3v) is 4.22. The lowest BCUT2D eigenvalue weighted by Crippen LogP contribution is -2.35. The van der Waals surface area contributed by atoms with Crippen molar-refractivity contribution in [3.05, 3.63) is 11.1 Å². The highest BCUT2D eigenvalue weighted by molar-refractivity contribution is 7.31. The van der Waals surface area contributed by atoms with Crippen LogP contribution in [0.15, 0.2) is 0 Å². The molecule has 1 nitrogen and oxygen atoms in total. The van der Waals surface area contributed by atoms with E-state index in [2.05, 4.69) is 60.9 Å². The first kappa shape index (κ1) is 14.0. The summed E-state index contributed by atoms with van der Waals surface area (Å²) in [6.07, 6.45) is 0. The van der Waals surface area contributed by atoms with Gasteiger partial charge in [0.15, 0.2) is 0 Å². The number of hydrogen-bond acceptors (Lipinski definition) is 1. The first-order valence-electron chi connectivity index (χ1n) is 5.49. The molecule has 1 rings (SSSR count). The molecule has 0 aliphatic carbocycles. The van der Waals surface area contributed by atoms with Gasteiger partial charge in [-0.3, -0.25) is 0 Å². The van der Waals surface area contributed by atoms with Crippen molar-refractivity contribution in [1.82, 2.24) is 0 Å². The highest BCUT2D eigenvalue weighted by atomic mass is 31.0. The SMILES string of the molecule is Bc1c(C)c(C)c(P)c(OC(C)(C)C)c1P. The van der Waals surface area contributed by atoms with Gasteiger partial charge < -0.3 is 4.74 Å². The summed E-state index contributed by atoms with van der Waals surface area (Å²) in [4.78, 5) is 0. The minimum Gasteiger partial charge on any atom is -0.487 e. The number of benzene rings is 1. The third-order valence-electron chi connectivity index (χ3n) is 2.83. The monoisotopic (exact) mass is 254 g/mol. The summed E-state index contributed by atoms with van der Waals surface area (Å²) in [5.74, 6) is 0.989. The van der Waals surface area contributed by atoms with Gasteiger partial charge in [0, 0.05) is 10.6 Å². The van der Waals surface area contributed by atoms with Crippen molar-refractivity contribution >= 4 is 42.4 Å². The van der Waals surface area contributed by atoms with Crippen LogP contribution in [0.3, 0.4) is 0 Å². The number of ether oxygens (including phenoxy) is 1. The van der Waals surface area contributed by atoms with Gasteiger partial charge in [0.2, 0.25) is 0 Å². The molecule has 88 valence electrons. The Balaban J connectivity index is 3.40. The number of rotatable bonds is 1. The molecule has 0 aliphatic rings. The van der Waals surface area contributed by atoms with Crippen molar-refractivity contribution in [3.63, 3.8) is 0 Å². The van der Waals surface area contributed by atoms with Gasteiger partial charge in [-0.1, -0.05) is 11.0 Å². The zero-order valence-corrected chi connectivity index (χ0v) is 13.4. The second-order valence-corrected chi connectivity index (χ2v) is 6.40. The van der Waals surface area contributed by atoms with Crippen LogP contribution in [0.5, 0.6) is 5.75 Å². The first-order chi connectivity index (χ1) is 7.15. The maximum Gasteiger partial charge on any atom is 0.140 e. The predicted octanol–water partition coefficient (Wildman–Crippen LogP) is 0.740. The summed E-state index contributed by atoms with van der Waals surface area (Å²) < 4.78 is 6.04. The van der Waals surface area contributed by atoms with Crippen molar-refractivity contribution in [1.29, 1.82) is 0 Å². The second kappa shape index (κ2) is 4.67. The van der Waals surface area contributed by atoms with Gasteiger partial charge in [0.25, 0.3) is 0 Å². The van der Waals surface area contributed by atoms with Crippen LogP contribution in [0, 0.1) is 13.8 Å². The minimum atomic E-state index is -0.162. The Hall–Kier alpha value is -0.0551. The quantitative estimate of drug-likeness (QED) is 0.530. The van der Waals surface area contributed by atoms with E-state index in [9.17, 15) is 0 Å². The van der Waals surface area contributed by atoms with Crippen molar-refractivity contribution in [2.75, 3.05) is 0 Å². The van der Waals surface area contributed by atoms with E-state index in [1.807, 2.05) is 0 Å². The van der Waals surface area contributed by atoms with Crippen molar-refractivity contribution in [2.24, 2.45) is 0 Å². The molecule has 0 amide bonds. The van der Waals surface area contributed by atoms with Gasteiger partial charge in [-0.25, -0.2) is 0 Å². The second-order valence-electron chi connectivity index (χ2n) is 5.25. The molecule has 0 bridgehead atoms. The van der Waals surface area contributed by atoms with Crippen LogP contribution in [0.25, 0.3) is 0 Å². The van der Waals surface area contributed by atoms with E-state index in [4.69, 9.17) is 4.74 Å². The van der Waals surface area contributed by atoms with E-state index in [0.717, 1.165) is 5.75 Å². The maximum atomic E-state index is 6.04. The zero-order chi connectivity index (χ0) is 12.7. The molecule has 0 fully saturated rings. The predicted molar refractivity (Wildman–Crippen MR) is 83.2 cm³/mol. The summed E-state index contributed by atoms with van der Waals surface area (Å²) in [6, 6.07) is 0. The van der Waals surface area contributed by atoms with Crippen LogP contribution in [-0.4, -0.2) is 13.4 Å². The van der Waals surface area contributed by atoms with Crippen LogP contribution in [0.1, 0.15) is 31.9 Å². The van der Waals surface area contributed by atoms with Gasteiger partial charge in [-0.05, 0) is 40.2 Å². The largest absolute Gasteiger partial charge is 0.487 e. The molecule has 16 heavy (non-hydrogen) atoms. The summed E-state index contributed by atoms with van der Waals surface area (Å²) in [5, 5.41) is 2.34. The molecule has 2 unspecified atom stereocenters. The molecule has 0 radical (unpaired) electrons. The zero-order valence-electron chi connectivity index (χ0n) is 11.1. The molecule has 0 saturated heterocycles. The molecule has 2 atom stereocenters. The van der Waals surface area contributed by atoms with E-state index in [1.165, 1.54) is 27.2 Å². The van der Waals surface area contributed by atoms with Crippen molar-refractivity contribution in [3.8, 4) is 5.75 Å². The molecule has 0 saturated carbocycles. The van der Waals surface area contributed by atoms with Gasteiger partial charge in [-0.2, -0.15) is 0 Å². The summed E-state index contributed by atoms with van der Waals surface area (Å²) in [7, 11) is 7.74. The molecule has 0 heterocycles. The standard InChI is InChI=1S/C12H21BOP2/c1-6-7(2)10(15)9(11(16)8(6)13)14-12(3,4)5/h13,15-16H2,1-5H3. The van der Waals surface area contributed by atoms with E-state index >= 15 is 0 Å². The maximum absolute atomic E-state index is 6.04. The van der Waals surface area contributed by atoms with Crippen molar-refractivity contribution < 1.29 is 4.74 Å². The molecule has 1 aromatic carbocycles. The average Bonchev–Trinajstić information content (AvgIpc) is 2.17. The molecule has 4 heteroatoms. The van der Waals surface area contributed by atoms with Gasteiger partial charge in [-0.15, -0.1) is 18.5 Å². The minimum absolute atomic E-state index is 0.162. The Morgan fingerprint density at radius 2 is 1.50 bits per heavy atom.